The topological polar surface area (TPSA) is 77.2 Å². The van der Waals surface area contributed by atoms with Gasteiger partial charge in [-0.3, -0.25) is 10.0 Å². The lowest BCUT2D eigenvalue weighted by Crippen LogP contribution is -2.19. The van der Waals surface area contributed by atoms with E-state index in [4.69, 9.17) is 5.21 Å². The first-order chi connectivity index (χ1) is 13.1. The molecule has 3 aromatic rings. The lowest BCUT2D eigenvalue weighted by molar-refractivity contribution is -0.129. The number of aryl methyl sites for hydroxylation is 2. The monoisotopic (exact) mass is 369 g/mol. The number of carbonyl (C=O) groups is 1. The van der Waals surface area contributed by atoms with E-state index in [1.807, 2.05) is 18.2 Å². The molecule has 0 fully saturated rings. The van der Waals surface area contributed by atoms with E-state index >= 15 is 0 Å². The molecular weight excluding hydrogens is 345 g/mol. The van der Waals surface area contributed by atoms with Crippen LogP contribution >= 0.6 is 0 Å². The molecule has 27 heavy (non-hydrogen) atoms. The molecule has 0 aliphatic carbocycles. The number of aromatic nitrogens is 1. The van der Waals surface area contributed by atoms with E-state index in [2.05, 4.69) is 29.4 Å². The van der Waals surface area contributed by atoms with Crippen molar-refractivity contribution in [2.24, 2.45) is 0 Å². The molecule has 0 aliphatic heterocycles. The molecule has 1 amide bonds. The van der Waals surface area contributed by atoms with Crippen LogP contribution in [0.15, 0.2) is 42.5 Å². The number of halogens is 1. The van der Waals surface area contributed by atoms with Gasteiger partial charge in [0.25, 0.3) is 0 Å². The Balaban J connectivity index is 1.53. The van der Waals surface area contributed by atoms with Crippen LogP contribution in [0.1, 0.15) is 28.8 Å². The highest BCUT2D eigenvalue weighted by molar-refractivity contribution is 5.84. The minimum absolute atomic E-state index is 0.123. The SMILES string of the molecule is Cc1[nH]c2ccccc2c1CCNCc1ccc(CCC(=O)NO)cc1F. The third-order valence-corrected chi connectivity index (χ3v) is 4.78. The van der Waals surface area contributed by atoms with E-state index in [-0.39, 0.29) is 12.2 Å². The van der Waals surface area contributed by atoms with Gasteiger partial charge in [-0.1, -0.05) is 30.3 Å². The summed E-state index contributed by atoms with van der Waals surface area (Å²) in [7, 11) is 0. The van der Waals surface area contributed by atoms with Gasteiger partial charge in [0, 0.05) is 35.1 Å². The van der Waals surface area contributed by atoms with E-state index in [1.165, 1.54) is 22.7 Å². The van der Waals surface area contributed by atoms with Gasteiger partial charge in [-0.15, -0.1) is 0 Å². The molecule has 5 nitrogen and oxygen atoms in total. The Bertz CT molecular complexity index is 936. The fraction of sp³-hybridized carbons (Fsp3) is 0.286. The van der Waals surface area contributed by atoms with Gasteiger partial charge in [-0.05, 0) is 49.6 Å². The average molecular weight is 369 g/mol. The summed E-state index contributed by atoms with van der Waals surface area (Å²) in [6.45, 7) is 3.27. The fourth-order valence-electron chi connectivity index (χ4n) is 3.30. The van der Waals surface area contributed by atoms with Crippen LogP contribution < -0.4 is 10.8 Å². The summed E-state index contributed by atoms with van der Waals surface area (Å²) in [5, 5.41) is 13.0. The molecule has 0 aliphatic rings. The van der Waals surface area contributed by atoms with Crippen molar-refractivity contribution in [1.82, 2.24) is 15.8 Å². The van der Waals surface area contributed by atoms with Gasteiger partial charge in [-0.25, -0.2) is 9.87 Å². The number of carbonyl (C=O) groups excluding carboxylic acids is 1. The number of amides is 1. The van der Waals surface area contributed by atoms with Crippen molar-refractivity contribution >= 4 is 16.8 Å². The molecule has 1 aromatic heterocycles. The van der Waals surface area contributed by atoms with Gasteiger partial charge in [0.05, 0.1) is 0 Å². The maximum atomic E-state index is 14.2. The minimum atomic E-state index is -0.478. The first kappa shape index (κ1) is 19.1. The highest BCUT2D eigenvalue weighted by Gasteiger charge is 2.08. The number of hydrogen-bond acceptors (Lipinski definition) is 3. The van der Waals surface area contributed by atoms with Crippen LogP contribution in [-0.2, 0) is 24.2 Å². The standard InChI is InChI=1S/C21H24FN3O2/c1-14-17(18-4-2-3-5-20(18)24-14)10-11-23-13-16-8-6-15(12-19(16)22)7-9-21(26)25-27/h2-6,8,12,23-24,27H,7,9-11,13H2,1H3,(H,25,26). The van der Waals surface area contributed by atoms with Gasteiger partial charge in [0.15, 0.2) is 0 Å². The highest BCUT2D eigenvalue weighted by atomic mass is 19.1. The normalized spacial score (nSPS) is 11.1. The summed E-state index contributed by atoms with van der Waals surface area (Å²) in [5.74, 6) is -0.763. The van der Waals surface area contributed by atoms with Gasteiger partial charge in [-0.2, -0.15) is 0 Å². The zero-order valence-electron chi connectivity index (χ0n) is 15.3. The summed E-state index contributed by atoms with van der Waals surface area (Å²) >= 11 is 0. The van der Waals surface area contributed by atoms with Gasteiger partial charge in [0.1, 0.15) is 5.82 Å². The average Bonchev–Trinajstić information content (AvgIpc) is 2.99. The number of aromatic amines is 1. The fourth-order valence-corrected chi connectivity index (χ4v) is 3.30. The van der Waals surface area contributed by atoms with Crippen LogP contribution in [0.2, 0.25) is 0 Å². The molecule has 0 saturated heterocycles. The number of nitrogens with one attached hydrogen (secondary N) is 3. The van der Waals surface area contributed by atoms with Crippen molar-refractivity contribution in [3.8, 4) is 0 Å². The second kappa shape index (κ2) is 8.79. The van der Waals surface area contributed by atoms with Crippen molar-refractivity contribution < 1.29 is 14.4 Å². The predicted molar refractivity (Wildman–Crippen MR) is 103 cm³/mol. The molecule has 1 heterocycles. The Morgan fingerprint density at radius 3 is 2.78 bits per heavy atom. The minimum Gasteiger partial charge on any atom is -0.358 e. The van der Waals surface area contributed by atoms with Crippen molar-refractivity contribution in [3.63, 3.8) is 0 Å². The van der Waals surface area contributed by atoms with Crippen molar-refractivity contribution in [1.29, 1.82) is 0 Å². The Morgan fingerprint density at radius 1 is 1.19 bits per heavy atom. The molecule has 4 N–H and O–H groups in total. The molecule has 6 heteroatoms. The van der Waals surface area contributed by atoms with Crippen LogP contribution in [0.5, 0.6) is 0 Å². The number of fused-ring (bicyclic) bond motifs is 1. The van der Waals surface area contributed by atoms with Crippen molar-refractivity contribution in [2.75, 3.05) is 6.54 Å². The number of H-pyrrole nitrogens is 1. The van der Waals surface area contributed by atoms with Gasteiger partial charge >= 0.3 is 0 Å². The molecule has 2 aromatic carbocycles. The van der Waals surface area contributed by atoms with E-state index in [0.717, 1.165) is 24.0 Å². The second-order valence-corrected chi connectivity index (χ2v) is 6.66. The summed E-state index contributed by atoms with van der Waals surface area (Å²) in [5.41, 5.74) is 6.50. The quantitative estimate of drug-likeness (QED) is 0.279. The molecule has 0 atom stereocenters. The van der Waals surface area contributed by atoms with Crippen LogP contribution in [0.4, 0.5) is 4.39 Å². The van der Waals surface area contributed by atoms with Crippen molar-refractivity contribution in [3.05, 3.63) is 70.7 Å². The van der Waals surface area contributed by atoms with E-state index < -0.39 is 5.91 Å². The predicted octanol–water partition coefficient (Wildman–Crippen LogP) is 3.39. The second-order valence-electron chi connectivity index (χ2n) is 6.66. The van der Waals surface area contributed by atoms with Gasteiger partial charge in [0.2, 0.25) is 5.91 Å². The van der Waals surface area contributed by atoms with Gasteiger partial charge < -0.3 is 10.3 Å². The lowest BCUT2D eigenvalue weighted by atomic mass is 10.1. The molecule has 3 rings (SSSR count). The van der Waals surface area contributed by atoms with Crippen LogP contribution in [-0.4, -0.2) is 22.6 Å². The molecule has 0 saturated carbocycles. The maximum Gasteiger partial charge on any atom is 0.243 e. The molecule has 0 radical (unpaired) electrons. The summed E-state index contributed by atoms with van der Waals surface area (Å²) in [6.07, 6.45) is 1.38. The zero-order chi connectivity index (χ0) is 19.2. The number of benzene rings is 2. The smallest absolute Gasteiger partial charge is 0.243 e. The van der Waals surface area contributed by atoms with E-state index in [9.17, 15) is 9.18 Å². The number of hydrogen-bond donors (Lipinski definition) is 4. The van der Waals surface area contributed by atoms with Crippen LogP contribution in [0, 0.1) is 12.7 Å². The number of para-hydroxylation sites is 1. The first-order valence-corrected chi connectivity index (χ1v) is 9.05. The van der Waals surface area contributed by atoms with Crippen molar-refractivity contribution in [2.45, 2.75) is 32.7 Å². The summed E-state index contributed by atoms with van der Waals surface area (Å²) in [6, 6.07) is 13.2. The Morgan fingerprint density at radius 2 is 2.00 bits per heavy atom. The third kappa shape index (κ3) is 4.72. The summed E-state index contributed by atoms with van der Waals surface area (Å²) in [4.78, 5) is 14.4. The molecule has 0 bridgehead atoms. The maximum absolute atomic E-state index is 14.2. The molecule has 0 unspecified atom stereocenters. The third-order valence-electron chi connectivity index (χ3n) is 4.78. The Labute approximate surface area is 157 Å². The summed E-state index contributed by atoms with van der Waals surface area (Å²) < 4.78 is 14.2. The largest absolute Gasteiger partial charge is 0.358 e. The molecule has 142 valence electrons. The highest BCUT2D eigenvalue weighted by Crippen LogP contribution is 2.22. The van der Waals surface area contributed by atoms with Crippen LogP contribution in [0.3, 0.4) is 0 Å². The zero-order valence-corrected chi connectivity index (χ0v) is 15.3. The van der Waals surface area contributed by atoms with E-state index in [0.29, 0.717) is 18.5 Å². The Hall–Kier alpha value is -2.70. The molecule has 0 spiro atoms. The van der Waals surface area contributed by atoms with Crippen LogP contribution in [0.25, 0.3) is 10.9 Å². The lowest BCUT2D eigenvalue weighted by Gasteiger charge is -2.08. The number of hydroxylamine groups is 1. The first-order valence-electron chi connectivity index (χ1n) is 9.05. The number of rotatable bonds is 8. The Kier molecular flexibility index (Phi) is 6.21. The van der Waals surface area contributed by atoms with E-state index in [1.54, 1.807) is 11.5 Å². The molecular formula is C21H24FN3O2.